The average molecular weight is 440 g/mol. The molecule has 168 valence electrons. The van der Waals surface area contributed by atoms with Crippen molar-refractivity contribution in [1.82, 2.24) is 4.90 Å². The third-order valence-corrected chi connectivity index (χ3v) is 11.3. The van der Waals surface area contributed by atoms with Crippen molar-refractivity contribution in [3.63, 3.8) is 0 Å². The average Bonchev–Trinajstić information content (AvgIpc) is 3.05. The van der Waals surface area contributed by atoms with Gasteiger partial charge in [0.05, 0.1) is 19.8 Å². The van der Waals surface area contributed by atoms with Crippen LogP contribution in [-0.4, -0.2) is 38.9 Å². The van der Waals surface area contributed by atoms with E-state index >= 15 is 0 Å². The Kier molecular flexibility index (Phi) is 6.97. The van der Waals surface area contributed by atoms with E-state index < -0.39 is 8.32 Å². The number of methoxy groups -OCH3 is 1. The molecule has 1 aliphatic heterocycles. The van der Waals surface area contributed by atoms with E-state index in [1.165, 1.54) is 5.56 Å². The van der Waals surface area contributed by atoms with Crippen molar-refractivity contribution in [2.75, 3.05) is 13.7 Å². The molecule has 2 aromatic carbocycles. The first-order valence-corrected chi connectivity index (χ1v) is 14.1. The Morgan fingerprint density at radius 3 is 2.52 bits per heavy atom. The molecule has 1 atom stereocenters. The van der Waals surface area contributed by atoms with Gasteiger partial charge in [-0.15, -0.1) is 0 Å². The van der Waals surface area contributed by atoms with Gasteiger partial charge in [0.1, 0.15) is 5.75 Å². The van der Waals surface area contributed by atoms with Gasteiger partial charge in [0.2, 0.25) is 5.91 Å². The van der Waals surface area contributed by atoms with Gasteiger partial charge in [0, 0.05) is 18.5 Å². The summed E-state index contributed by atoms with van der Waals surface area (Å²) in [6.07, 6.45) is 1.47. The highest BCUT2D eigenvalue weighted by Gasteiger charge is 2.39. The molecular weight excluding hydrogens is 402 g/mol. The summed E-state index contributed by atoms with van der Waals surface area (Å²) in [5, 5.41) is 0.166. The maximum Gasteiger partial charge on any atom is 0.223 e. The molecule has 0 radical (unpaired) electrons. The van der Waals surface area contributed by atoms with Gasteiger partial charge < -0.3 is 14.1 Å². The zero-order valence-corrected chi connectivity index (χ0v) is 21.1. The molecule has 0 spiro atoms. The predicted octanol–water partition coefficient (Wildman–Crippen LogP) is 6.18. The molecule has 31 heavy (non-hydrogen) atoms. The normalized spacial score (nSPS) is 17.3. The lowest BCUT2D eigenvalue weighted by Crippen LogP contribution is -2.45. The number of carbonyl (C=O) groups excluding carboxylic acids is 1. The largest absolute Gasteiger partial charge is 0.496 e. The maximum absolute atomic E-state index is 12.7. The molecule has 1 unspecified atom stereocenters. The Balaban J connectivity index is 1.80. The number of hydrogen-bond acceptors (Lipinski definition) is 3. The van der Waals surface area contributed by atoms with E-state index in [4.69, 9.17) is 9.16 Å². The van der Waals surface area contributed by atoms with Crippen LogP contribution in [0.2, 0.25) is 18.1 Å². The number of hydrogen-bond donors (Lipinski definition) is 0. The number of aryl methyl sites for hydroxylation is 1. The van der Waals surface area contributed by atoms with Crippen LogP contribution in [0.4, 0.5) is 0 Å². The monoisotopic (exact) mass is 439 g/mol. The minimum atomic E-state index is -1.84. The van der Waals surface area contributed by atoms with E-state index in [1.54, 1.807) is 7.11 Å². The number of nitrogens with zero attached hydrogens (tertiary/aromatic N) is 1. The summed E-state index contributed by atoms with van der Waals surface area (Å²) in [5.74, 6) is 1.07. The second-order valence-electron chi connectivity index (χ2n) is 10.2. The fraction of sp³-hybridized carbons (Fsp3) is 0.500. The molecule has 3 rings (SSSR count). The van der Waals surface area contributed by atoms with Crippen LogP contribution in [0.15, 0.2) is 42.5 Å². The number of carbonyl (C=O) groups is 1. The van der Waals surface area contributed by atoms with Crippen LogP contribution in [0.5, 0.6) is 5.75 Å². The summed E-state index contributed by atoms with van der Waals surface area (Å²) in [6.45, 7) is 14.6. The molecule has 1 saturated heterocycles. The smallest absolute Gasteiger partial charge is 0.223 e. The first-order valence-electron chi connectivity index (χ1n) is 11.2. The molecule has 0 aromatic heterocycles. The fourth-order valence-electron chi connectivity index (χ4n) is 3.79. The van der Waals surface area contributed by atoms with Crippen LogP contribution in [-0.2, 0) is 15.8 Å². The second kappa shape index (κ2) is 9.17. The lowest BCUT2D eigenvalue weighted by molar-refractivity contribution is -0.130. The lowest BCUT2D eigenvalue weighted by Gasteiger charge is -2.38. The number of likely N-dealkylation sites (tertiary alicyclic amines) is 1. The minimum absolute atomic E-state index is 0.145. The van der Waals surface area contributed by atoms with Crippen LogP contribution in [0.25, 0.3) is 11.1 Å². The van der Waals surface area contributed by atoms with E-state index in [2.05, 4.69) is 77.2 Å². The molecule has 1 fully saturated rings. The number of ether oxygens (including phenoxy) is 1. The molecule has 1 aliphatic rings. The number of rotatable bonds is 7. The summed E-state index contributed by atoms with van der Waals surface area (Å²) >= 11 is 0. The first kappa shape index (κ1) is 23.5. The Bertz CT molecular complexity index is 932. The highest BCUT2D eigenvalue weighted by molar-refractivity contribution is 6.74. The first-order chi connectivity index (χ1) is 14.5. The lowest BCUT2D eigenvalue weighted by atomic mass is 10.00. The van der Waals surface area contributed by atoms with Gasteiger partial charge in [-0.05, 0) is 54.7 Å². The van der Waals surface area contributed by atoms with Crippen LogP contribution >= 0.6 is 0 Å². The van der Waals surface area contributed by atoms with Crippen LogP contribution in [0.3, 0.4) is 0 Å². The van der Waals surface area contributed by atoms with Crippen LogP contribution < -0.4 is 4.74 Å². The van der Waals surface area contributed by atoms with E-state index in [0.29, 0.717) is 19.6 Å². The fourth-order valence-corrected chi connectivity index (χ4v) is 4.84. The summed E-state index contributed by atoms with van der Waals surface area (Å²) in [7, 11) is -0.141. The quantitative estimate of drug-likeness (QED) is 0.483. The van der Waals surface area contributed by atoms with Crippen molar-refractivity contribution in [1.29, 1.82) is 0 Å². The van der Waals surface area contributed by atoms with Gasteiger partial charge in [-0.3, -0.25) is 4.79 Å². The zero-order chi connectivity index (χ0) is 22.8. The van der Waals surface area contributed by atoms with Gasteiger partial charge in [-0.25, -0.2) is 0 Å². The van der Waals surface area contributed by atoms with E-state index in [0.717, 1.165) is 28.9 Å². The van der Waals surface area contributed by atoms with E-state index in [9.17, 15) is 4.79 Å². The molecule has 0 saturated carbocycles. The molecule has 1 heterocycles. The maximum atomic E-state index is 12.7. The molecule has 0 N–H and O–H groups in total. The van der Waals surface area contributed by atoms with E-state index in [1.807, 2.05) is 11.0 Å². The van der Waals surface area contributed by atoms with Gasteiger partial charge in [-0.2, -0.15) is 0 Å². The van der Waals surface area contributed by atoms with E-state index in [-0.39, 0.29) is 17.0 Å². The Morgan fingerprint density at radius 2 is 1.87 bits per heavy atom. The molecule has 4 nitrogen and oxygen atoms in total. The van der Waals surface area contributed by atoms with Gasteiger partial charge in [0.15, 0.2) is 8.32 Å². The SMILES string of the molecule is COc1ccc(CN2C(=O)CCC2CO[Si](C)(C)C(C)(C)C)cc1-c1cccc(C)c1. The van der Waals surface area contributed by atoms with Crippen molar-refractivity contribution in [3.8, 4) is 16.9 Å². The summed E-state index contributed by atoms with van der Waals surface area (Å²) in [4.78, 5) is 14.7. The van der Waals surface area contributed by atoms with Gasteiger partial charge in [0.25, 0.3) is 0 Å². The number of amides is 1. The van der Waals surface area contributed by atoms with Gasteiger partial charge in [-0.1, -0.05) is 56.7 Å². The third-order valence-electron chi connectivity index (χ3n) is 6.84. The highest BCUT2D eigenvalue weighted by Crippen LogP contribution is 2.37. The van der Waals surface area contributed by atoms with Crippen LogP contribution in [0.1, 0.15) is 44.7 Å². The molecule has 0 bridgehead atoms. The zero-order valence-electron chi connectivity index (χ0n) is 20.1. The Morgan fingerprint density at radius 1 is 1.13 bits per heavy atom. The summed E-state index contributed by atoms with van der Waals surface area (Å²) < 4.78 is 12.1. The predicted molar refractivity (Wildman–Crippen MR) is 130 cm³/mol. The third kappa shape index (κ3) is 5.39. The highest BCUT2D eigenvalue weighted by atomic mass is 28.4. The summed E-state index contributed by atoms with van der Waals surface area (Å²) in [6, 6.07) is 14.8. The molecule has 2 aromatic rings. The standard InChI is InChI=1S/C26H37NO3Si/c1-19-9-8-10-21(15-19)23-16-20(11-13-24(23)29-5)17-27-22(12-14-25(27)28)18-30-31(6,7)26(2,3)4/h8-11,13,15-16,22H,12,14,17-18H2,1-7H3. The molecule has 1 amide bonds. The molecule has 0 aliphatic carbocycles. The number of benzene rings is 2. The Labute approximate surface area is 188 Å². The minimum Gasteiger partial charge on any atom is -0.496 e. The van der Waals surface area contributed by atoms with Crippen LogP contribution in [0, 0.1) is 6.92 Å². The second-order valence-corrected chi connectivity index (χ2v) is 15.0. The van der Waals surface area contributed by atoms with Crippen molar-refractivity contribution in [2.24, 2.45) is 0 Å². The summed E-state index contributed by atoms with van der Waals surface area (Å²) in [5.41, 5.74) is 4.51. The Hall–Kier alpha value is -2.11. The molecular formula is C26H37NO3Si. The molecule has 5 heteroatoms. The van der Waals surface area contributed by atoms with Crippen molar-refractivity contribution in [2.45, 2.75) is 71.3 Å². The van der Waals surface area contributed by atoms with Gasteiger partial charge >= 0.3 is 0 Å². The van der Waals surface area contributed by atoms with Crippen molar-refractivity contribution < 1.29 is 14.0 Å². The topological polar surface area (TPSA) is 38.8 Å². The van der Waals surface area contributed by atoms with Crippen molar-refractivity contribution >= 4 is 14.2 Å². The van der Waals surface area contributed by atoms with Crippen molar-refractivity contribution in [3.05, 3.63) is 53.6 Å².